The van der Waals surface area contributed by atoms with Crippen molar-refractivity contribution < 1.29 is 9.66 Å². The molecule has 0 saturated heterocycles. The van der Waals surface area contributed by atoms with Gasteiger partial charge in [0.05, 0.1) is 18.6 Å². The summed E-state index contributed by atoms with van der Waals surface area (Å²) in [4.78, 5) is 13.0. The third-order valence-electron chi connectivity index (χ3n) is 1.49. The highest BCUT2D eigenvalue weighted by atomic mass is 16.6. The molecular weight excluding hydrogens is 172 g/mol. The molecule has 5 nitrogen and oxygen atoms in total. The molecule has 1 aromatic carbocycles. The van der Waals surface area contributed by atoms with Gasteiger partial charge < -0.3 is 4.74 Å². The van der Waals surface area contributed by atoms with Crippen molar-refractivity contribution in [1.29, 1.82) is 0 Å². The number of ether oxygens (including phenoxy) is 1. The van der Waals surface area contributed by atoms with Crippen LogP contribution in [0.3, 0.4) is 0 Å². The molecule has 0 radical (unpaired) electrons. The van der Waals surface area contributed by atoms with E-state index in [2.05, 4.69) is 4.85 Å². The molecule has 0 N–H and O–H groups in total. The number of methoxy groups -OCH3 is 1. The summed E-state index contributed by atoms with van der Waals surface area (Å²) in [7, 11) is 1.33. The number of nitrogens with zero attached hydrogens (tertiary/aromatic N) is 2. The van der Waals surface area contributed by atoms with E-state index in [-0.39, 0.29) is 11.4 Å². The molecule has 0 aliphatic heterocycles. The van der Waals surface area contributed by atoms with Crippen LogP contribution in [0, 0.1) is 16.7 Å². The molecule has 0 heterocycles. The molecule has 0 unspecified atom stereocenters. The number of hydrogen-bond donors (Lipinski definition) is 0. The average Bonchev–Trinajstić information content (AvgIpc) is 2.16. The fourth-order valence-corrected chi connectivity index (χ4v) is 0.887. The topological polar surface area (TPSA) is 56.7 Å². The van der Waals surface area contributed by atoms with Crippen molar-refractivity contribution in [3.63, 3.8) is 0 Å². The highest BCUT2D eigenvalue weighted by molar-refractivity contribution is 5.58. The number of benzene rings is 1. The average molecular weight is 178 g/mol. The smallest absolute Gasteiger partial charge is 0.308 e. The molecule has 0 aliphatic rings. The third kappa shape index (κ3) is 1.73. The van der Waals surface area contributed by atoms with Crippen LogP contribution < -0.4 is 4.74 Å². The summed E-state index contributed by atoms with van der Waals surface area (Å²) in [5, 5.41) is 10.4. The van der Waals surface area contributed by atoms with E-state index in [9.17, 15) is 10.1 Å². The Balaban J connectivity index is 3.25. The van der Waals surface area contributed by atoms with Gasteiger partial charge in [0.2, 0.25) is 0 Å². The largest absolute Gasteiger partial charge is 0.491 e. The molecule has 0 aromatic heterocycles. The molecule has 0 saturated carbocycles. The first-order chi connectivity index (χ1) is 6.19. The zero-order chi connectivity index (χ0) is 9.84. The van der Waals surface area contributed by atoms with Crippen LogP contribution in [0.15, 0.2) is 18.2 Å². The SMILES string of the molecule is [C-]#[N+]c1ccc([N+](=O)[O-])c(OC)c1. The van der Waals surface area contributed by atoms with E-state index < -0.39 is 4.92 Å². The number of nitro benzene ring substituents is 1. The van der Waals surface area contributed by atoms with Gasteiger partial charge in [0.25, 0.3) is 0 Å². The number of nitro groups is 1. The van der Waals surface area contributed by atoms with Gasteiger partial charge in [-0.15, -0.1) is 0 Å². The fraction of sp³-hybridized carbons (Fsp3) is 0.125. The van der Waals surface area contributed by atoms with E-state index in [1.54, 1.807) is 0 Å². The van der Waals surface area contributed by atoms with Crippen LogP contribution in [-0.4, -0.2) is 12.0 Å². The molecule has 13 heavy (non-hydrogen) atoms. The maximum absolute atomic E-state index is 10.4. The lowest BCUT2D eigenvalue weighted by atomic mass is 10.2. The molecule has 0 bridgehead atoms. The van der Waals surface area contributed by atoms with E-state index in [1.807, 2.05) is 0 Å². The van der Waals surface area contributed by atoms with Gasteiger partial charge >= 0.3 is 5.69 Å². The van der Waals surface area contributed by atoms with Crippen molar-refractivity contribution in [2.24, 2.45) is 0 Å². The summed E-state index contributed by atoms with van der Waals surface area (Å²) in [6.07, 6.45) is 0. The summed E-state index contributed by atoms with van der Waals surface area (Å²) in [6, 6.07) is 3.98. The van der Waals surface area contributed by atoms with Crippen molar-refractivity contribution in [3.05, 3.63) is 39.7 Å². The van der Waals surface area contributed by atoms with Gasteiger partial charge in [0.15, 0.2) is 11.4 Å². The summed E-state index contributed by atoms with van der Waals surface area (Å²) >= 11 is 0. The summed E-state index contributed by atoms with van der Waals surface area (Å²) in [6.45, 7) is 6.69. The van der Waals surface area contributed by atoms with E-state index >= 15 is 0 Å². The Morgan fingerprint density at radius 3 is 2.77 bits per heavy atom. The van der Waals surface area contributed by atoms with E-state index in [0.29, 0.717) is 5.69 Å². The molecule has 1 aromatic rings. The number of rotatable bonds is 2. The second kappa shape index (κ2) is 3.54. The Morgan fingerprint density at radius 1 is 1.62 bits per heavy atom. The van der Waals surface area contributed by atoms with Crippen LogP contribution in [0.4, 0.5) is 11.4 Å². The second-order valence-electron chi connectivity index (χ2n) is 2.23. The van der Waals surface area contributed by atoms with E-state index in [0.717, 1.165) is 0 Å². The molecule has 0 aliphatic carbocycles. The predicted molar refractivity (Wildman–Crippen MR) is 45.9 cm³/mol. The lowest BCUT2D eigenvalue weighted by Gasteiger charge is -2.00. The Bertz CT molecular complexity index is 381. The predicted octanol–water partition coefficient (Wildman–Crippen LogP) is 2.15. The molecular formula is C8H6N2O3. The highest BCUT2D eigenvalue weighted by Crippen LogP contribution is 2.30. The van der Waals surface area contributed by atoms with Crippen LogP contribution in [0.2, 0.25) is 0 Å². The van der Waals surface area contributed by atoms with Crippen molar-refractivity contribution in [2.45, 2.75) is 0 Å². The Kier molecular flexibility index (Phi) is 2.45. The van der Waals surface area contributed by atoms with Crippen LogP contribution >= 0.6 is 0 Å². The van der Waals surface area contributed by atoms with Crippen LogP contribution in [0.5, 0.6) is 5.75 Å². The summed E-state index contributed by atoms with van der Waals surface area (Å²) in [5.41, 5.74) is 0.192. The van der Waals surface area contributed by atoms with Gasteiger partial charge in [0.1, 0.15) is 0 Å². The lowest BCUT2D eigenvalue weighted by molar-refractivity contribution is -0.385. The fourth-order valence-electron chi connectivity index (χ4n) is 0.887. The van der Waals surface area contributed by atoms with E-state index in [1.165, 1.54) is 25.3 Å². The number of hydrogen-bond acceptors (Lipinski definition) is 3. The maximum Gasteiger partial charge on any atom is 0.308 e. The van der Waals surface area contributed by atoms with Gasteiger partial charge in [0, 0.05) is 6.07 Å². The van der Waals surface area contributed by atoms with Crippen molar-refractivity contribution in [3.8, 4) is 5.75 Å². The Morgan fingerprint density at radius 2 is 2.31 bits per heavy atom. The maximum atomic E-state index is 10.4. The van der Waals surface area contributed by atoms with Gasteiger partial charge in [-0.3, -0.25) is 10.1 Å². The molecule has 0 atom stereocenters. The van der Waals surface area contributed by atoms with Crippen LogP contribution in [0.1, 0.15) is 0 Å². The molecule has 0 spiro atoms. The minimum Gasteiger partial charge on any atom is -0.491 e. The molecule has 0 amide bonds. The first kappa shape index (κ1) is 9.00. The van der Waals surface area contributed by atoms with E-state index in [4.69, 9.17) is 11.3 Å². The molecule has 0 fully saturated rings. The van der Waals surface area contributed by atoms with Crippen molar-refractivity contribution >= 4 is 11.4 Å². The third-order valence-corrected chi connectivity index (χ3v) is 1.49. The summed E-state index contributed by atoms with van der Waals surface area (Å²) < 4.78 is 4.76. The van der Waals surface area contributed by atoms with Crippen LogP contribution in [0.25, 0.3) is 4.85 Å². The monoisotopic (exact) mass is 178 g/mol. The van der Waals surface area contributed by atoms with Crippen LogP contribution in [-0.2, 0) is 0 Å². The Labute approximate surface area is 74.5 Å². The molecule has 1 rings (SSSR count). The van der Waals surface area contributed by atoms with Gasteiger partial charge in [-0.2, -0.15) is 0 Å². The van der Waals surface area contributed by atoms with Gasteiger partial charge in [-0.1, -0.05) is 0 Å². The zero-order valence-electron chi connectivity index (χ0n) is 6.85. The minimum absolute atomic E-state index is 0.110. The second-order valence-corrected chi connectivity index (χ2v) is 2.23. The highest BCUT2D eigenvalue weighted by Gasteiger charge is 2.13. The van der Waals surface area contributed by atoms with Crippen molar-refractivity contribution in [2.75, 3.05) is 7.11 Å². The first-order valence-electron chi connectivity index (χ1n) is 3.39. The standard InChI is InChI=1S/C8H6N2O3/c1-9-6-3-4-7(10(11)12)8(5-6)13-2/h3-5H,2H3. The normalized spacial score (nSPS) is 8.92. The van der Waals surface area contributed by atoms with Crippen molar-refractivity contribution in [1.82, 2.24) is 0 Å². The minimum atomic E-state index is -0.549. The first-order valence-corrected chi connectivity index (χ1v) is 3.39. The molecule has 66 valence electrons. The van der Waals surface area contributed by atoms with Gasteiger partial charge in [-0.05, 0) is 12.1 Å². The van der Waals surface area contributed by atoms with Gasteiger partial charge in [-0.25, -0.2) is 4.85 Å². The lowest BCUT2D eigenvalue weighted by Crippen LogP contribution is -1.92. The summed E-state index contributed by atoms with van der Waals surface area (Å²) in [5.74, 6) is 0.110. The quantitative estimate of drug-likeness (QED) is 0.396. The molecule has 5 heteroatoms. The Hall–Kier alpha value is -2.09. The zero-order valence-corrected chi connectivity index (χ0v) is 6.85.